The van der Waals surface area contributed by atoms with Gasteiger partial charge in [-0.1, -0.05) is 25.4 Å². The van der Waals surface area contributed by atoms with Gasteiger partial charge in [-0.15, -0.1) is 11.6 Å². The van der Waals surface area contributed by atoms with Gasteiger partial charge in [0.15, 0.2) is 0 Å². The van der Waals surface area contributed by atoms with Gasteiger partial charge in [0.05, 0.1) is 11.0 Å². The fraction of sp³-hybridized carbons (Fsp3) is 0.562. The van der Waals surface area contributed by atoms with Crippen LogP contribution in [0.25, 0.3) is 11.0 Å². The lowest BCUT2D eigenvalue weighted by Gasteiger charge is -2.20. The highest BCUT2D eigenvalue weighted by molar-refractivity contribution is 6.31. The van der Waals surface area contributed by atoms with E-state index in [0.29, 0.717) is 5.88 Å². The van der Waals surface area contributed by atoms with Crippen molar-refractivity contribution < 1.29 is 0 Å². The molecule has 0 unspecified atom stereocenters. The highest BCUT2D eigenvalue weighted by Gasteiger charge is 2.11. The first-order valence-corrected chi connectivity index (χ1v) is 8.53. The molecule has 0 atom stereocenters. The minimum absolute atomic E-state index is 0.587. The molecule has 0 saturated carbocycles. The van der Waals surface area contributed by atoms with Crippen molar-refractivity contribution in [2.75, 3.05) is 25.5 Å². The first kappa shape index (κ1) is 16.6. The van der Waals surface area contributed by atoms with Crippen LogP contribution in [0.2, 0.25) is 5.02 Å². The molecule has 2 rings (SSSR count). The Morgan fingerprint density at radius 1 is 1.24 bits per heavy atom. The second-order valence-corrected chi connectivity index (χ2v) is 6.00. The summed E-state index contributed by atoms with van der Waals surface area (Å²) in [5.74, 6) is 1.64. The van der Waals surface area contributed by atoms with Crippen molar-refractivity contribution in [1.29, 1.82) is 0 Å². The summed E-state index contributed by atoms with van der Waals surface area (Å²) in [6.07, 6.45) is 1.97. The lowest BCUT2D eigenvalue weighted by atomic mass is 10.3. The zero-order valence-corrected chi connectivity index (χ0v) is 14.3. The third kappa shape index (κ3) is 4.12. The van der Waals surface area contributed by atoms with Crippen LogP contribution in [-0.2, 0) is 13.0 Å². The predicted molar refractivity (Wildman–Crippen MR) is 91.6 cm³/mol. The van der Waals surface area contributed by atoms with Crippen molar-refractivity contribution in [3.63, 3.8) is 0 Å². The zero-order chi connectivity index (χ0) is 15.2. The number of hydrogen-bond acceptors (Lipinski definition) is 2. The van der Waals surface area contributed by atoms with Gasteiger partial charge in [0.25, 0.3) is 0 Å². The molecule has 0 radical (unpaired) electrons. The molecule has 1 aromatic heterocycles. The number of benzene rings is 1. The molecule has 0 bridgehead atoms. The Hall–Kier alpha value is -0.770. The second kappa shape index (κ2) is 8.02. The molecule has 0 spiro atoms. The lowest BCUT2D eigenvalue weighted by molar-refractivity contribution is 0.277. The Bertz CT molecular complexity index is 580. The quantitative estimate of drug-likeness (QED) is 0.677. The molecule has 0 amide bonds. The Labute approximate surface area is 136 Å². The van der Waals surface area contributed by atoms with Gasteiger partial charge in [-0.25, -0.2) is 4.98 Å². The molecule has 0 fully saturated rings. The lowest BCUT2D eigenvalue weighted by Crippen LogP contribution is -2.28. The van der Waals surface area contributed by atoms with Gasteiger partial charge in [-0.2, -0.15) is 0 Å². The molecule has 21 heavy (non-hydrogen) atoms. The molecule has 0 N–H and O–H groups in total. The van der Waals surface area contributed by atoms with E-state index in [1.54, 1.807) is 0 Å². The van der Waals surface area contributed by atoms with Crippen molar-refractivity contribution in [3.8, 4) is 0 Å². The standard InChI is InChI=1S/C16H23Cl2N3/c1-3-9-20(4-2)10-11-21-15-6-5-13(18)12-14(15)19-16(21)7-8-17/h5-6,12H,3-4,7-11H2,1-2H3. The van der Waals surface area contributed by atoms with Crippen molar-refractivity contribution in [1.82, 2.24) is 14.5 Å². The average molecular weight is 328 g/mol. The van der Waals surface area contributed by atoms with Crippen molar-refractivity contribution in [3.05, 3.63) is 29.0 Å². The van der Waals surface area contributed by atoms with E-state index in [9.17, 15) is 0 Å². The molecule has 2 aromatic rings. The van der Waals surface area contributed by atoms with Crippen LogP contribution in [0.4, 0.5) is 0 Å². The maximum absolute atomic E-state index is 6.06. The summed E-state index contributed by atoms with van der Waals surface area (Å²) in [7, 11) is 0. The molecule has 1 heterocycles. The Kier molecular flexibility index (Phi) is 6.34. The predicted octanol–water partition coefficient (Wildman–Crippen LogP) is 4.20. The third-order valence-electron chi connectivity index (χ3n) is 3.73. The summed E-state index contributed by atoms with van der Waals surface area (Å²) < 4.78 is 2.28. The van der Waals surface area contributed by atoms with Crippen LogP contribution in [0.1, 0.15) is 26.1 Å². The summed E-state index contributed by atoms with van der Waals surface area (Å²) >= 11 is 12.0. The van der Waals surface area contributed by atoms with Gasteiger partial charge in [-0.05, 0) is 37.7 Å². The van der Waals surface area contributed by atoms with Gasteiger partial charge < -0.3 is 9.47 Å². The van der Waals surface area contributed by atoms with Crippen molar-refractivity contribution >= 4 is 34.2 Å². The highest BCUT2D eigenvalue weighted by Crippen LogP contribution is 2.21. The van der Waals surface area contributed by atoms with Gasteiger partial charge in [0.2, 0.25) is 0 Å². The first-order valence-electron chi connectivity index (χ1n) is 7.62. The fourth-order valence-corrected chi connectivity index (χ4v) is 3.00. The minimum Gasteiger partial charge on any atom is -0.327 e. The number of alkyl halides is 1. The Balaban J connectivity index is 2.25. The van der Waals surface area contributed by atoms with Crippen LogP contribution in [0, 0.1) is 0 Å². The van der Waals surface area contributed by atoms with E-state index in [1.807, 2.05) is 12.1 Å². The topological polar surface area (TPSA) is 21.1 Å². The van der Waals surface area contributed by atoms with Crippen LogP contribution in [0.3, 0.4) is 0 Å². The molecule has 0 aliphatic carbocycles. The van der Waals surface area contributed by atoms with Gasteiger partial charge in [0.1, 0.15) is 5.82 Å². The second-order valence-electron chi connectivity index (χ2n) is 5.19. The number of fused-ring (bicyclic) bond motifs is 1. The van der Waals surface area contributed by atoms with Crippen molar-refractivity contribution in [2.24, 2.45) is 0 Å². The summed E-state index contributed by atoms with van der Waals surface area (Å²) in [4.78, 5) is 7.15. The number of imidazole rings is 1. The van der Waals surface area contributed by atoms with Gasteiger partial charge in [-0.3, -0.25) is 0 Å². The molecule has 0 saturated heterocycles. The van der Waals surface area contributed by atoms with Gasteiger partial charge >= 0.3 is 0 Å². The van der Waals surface area contributed by atoms with E-state index >= 15 is 0 Å². The Morgan fingerprint density at radius 3 is 2.71 bits per heavy atom. The monoisotopic (exact) mass is 327 g/mol. The molecule has 1 aromatic carbocycles. The molecule has 0 aliphatic heterocycles. The van der Waals surface area contributed by atoms with E-state index in [0.717, 1.165) is 54.5 Å². The largest absolute Gasteiger partial charge is 0.327 e. The number of halogens is 2. The number of rotatable bonds is 8. The molecule has 116 valence electrons. The van der Waals surface area contributed by atoms with E-state index < -0.39 is 0 Å². The van der Waals surface area contributed by atoms with Crippen LogP contribution < -0.4 is 0 Å². The molecular weight excluding hydrogens is 305 g/mol. The number of hydrogen-bond donors (Lipinski definition) is 0. The van der Waals surface area contributed by atoms with E-state index in [2.05, 4.69) is 34.4 Å². The molecule has 5 heteroatoms. The van der Waals surface area contributed by atoms with Crippen LogP contribution in [0.5, 0.6) is 0 Å². The normalized spacial score (nSPS) is 11.7. The summed E-state index contributed by atoms with van der Waals surface area (Å²) in [5, 5.41) is 0.728. The number of nitrogens with zero attached hydrogens (tertiary/aromatic N) is 3. The fourth-order valence-electron chi connectivity index (χ4n) is 2.66. The van der Waals surface area contributed by atoms with E-state index in [1.165, 1.54) is 6.42 Å². The highest BCUT2D eigenvalue weighted by atomic mass is 35.5. The number of likely N-dealkylation sites (N-methyl/N-ethyl adjacent to an activating group) is 1. The summed E-state index contributed by atoms with van der Waals surface area (Å²) in [6.45, 7) is 8.63. The SMILES string of the molecule is CCCN(CC)CCn1c(CCCl)nc2cc(Cl)ccc21. The molecule has 3 nitrogen and oxygen atoms in total. The number of aromatic nitrogens is 2. The van der Waals surface area contributed by atoms with Crippen LogP contribution >= 0.6 is 23.2 Å². The van der Waals surface area contributed by atoms with E-state index in [4.69, 9.17) is 23.2 Å². The minimum atomic E-state index is 0.587. The number of aryl methyl sites for hydroxylation is 1. The summed E-state index contributed by atoms with van der Waals surface area (Å²) in [6, 6.07) is 5.91. The molecular formula is C16H23Cl2N3. The van der Waals surface area contributed by atoms with E-state index in [-0.39, 0.29) is 0 Å². The van der Waals surface area contributed by atoms with Crippen LogP contribution in [-0.4, -0.2) is 40.0 Å². The van der Waals surface area contributed by atoms with Crippen LogP contribution in [0.15, 0.2) is 18.2 Å². The zero-order valence-electron chi connectivity index (χ0n) is 12.8. The maximum atomic E-state index is 6.06. The first-order chi connectivity index (χ1) is 10.2. The van der Waals surface area contributed by atoms with Gasteiger partial charge in [0, 0.05) is 30.4 Å². The smallest absolute Gasteiger partial charge is 0.111 e. The average Bonchev–Trinajstić information content (AvgIpc) is 2.80. The molecule has 0 aliphatic rings. The summed E-state index contributed by atoms with van der Waals surface area (Å²) in [5.41, 5.74) is 2.10. The maximum Gasteiger partial charge on any atom is 0.111 e. The third-order valence-corrected chi connectivity index (χ3v) is 4.16. The van der Waals surface area contributed by atoms with Crippen molar-refractivity contribution in [2.45, 2.75) is 33.2 Å². The Morgan fingerprint density at radius 2 is 2.05 bits per heavy atom.